The van der Waals surface area contributed by atoms with Gasteiger partial charge in [-0.15, -0.1) is 0 Å². The molecule has 1 aromatic heterocycles. The van der Waals surface area contributed by atoms with E-state index in [1.54, 1.807) is 24.3 Å². The third-order valence-electron chi connectivity index (χ3n) is 4.80. The normalized spacial score (nSPS) is 18.1. The highest BCUT2D eigenvalue weighted by atomic mass is 35.5. The Bertz CT molecular complexity index is 760. The number of hydrogen-bond acceptors (Lipinski definition) is 4. The zero-order valence-corrected chi connectivity index (χ0v) is 14.8. The van der Waals surface area contributed by atoms with Gasteiger partial charge < -0.3 is 9.80 Å². The molecule has 1 aliphatic carbocycles. The molecule has 2 aromatic rings. The molecule has 0 spiro atoms. The molecule has 1 saturated carbocycles. The minimum atomic E-state index is 0.0693. The minimum Gasteiger partial charge on any atom is -0.355 e. The lowest BCUT2D eigenvalue weighted by Gasteiger charge is -2.23. The molecule has 2 heterocycles. The van der Waals surface area contributed by atoms with Crippen LogP contribution in [0, 0.1) is 0 Å². The van der Waals surface area contributed by atoms with Crippen LogP contribution in [-0.4, -0.2) is 47.0 Å². The lowest BCUT2D eigenvalue weighted by molar-refractivity contribution is 0.0767. The Balaban J connectivity index is 1.44. The molecular weight excluding hydrogens is 336 g/mol. The monoisotopic (exact) mass is 356 g/mol. The number of carbonyl (C=O) groups excluding carboxylic acids is 1. The van der Waals surface area contributed by atoms with Crippen molar-refractivity contribution in [3.8, 4) is 0 Å². The van der Waals surface area contributed by atoms with Gasteiger partial charge in [0.05, 0.1) is 0 Å². The summed E-state index contributed by atoms with van der Waals surface area (Å²) in [6, 6.07) is 9.08. The topological polar surface area (TPSA) is 49.3 Å². The Morgan fingerprint density at radius 3 is 2.60 bits per heavy atom. The fraction of sp³-hybridized carbons (Fsp3) is 0.421. The second-order valence-electron chi connectivity index (χ2n) is 6.69. The van der Waals surface area contributed by atoms with E-state index in [0.717, 1.165) is 37.7 Å². The summed E-state index contributed by atoms with van der Waals surface area (Å²) >= 11 is 5.91. The van der Waals surface area contributed by atoms with E-state index in [0.29, 0.717) is 23.0 Å². The van der Waals surface area contributed by atoms with Crippen molar-refractivity contribution in [2.45, 2.75) is 25.2 Å². The molecule has 0 atom stereocenters. The number of aromatic nitrogens is 2. The van der Waals surface area contributed by atoms with Gasteiger partial charge in [0.15, 0.2) is 0 Å². The van der Waals surface area contributed by atoms with Gasteiger partial charge in [-0.3, -0.25) is 4.79 Å². The van der Waals surface area contributed by atoms with E-state index in [1.807, 2.05) is 17.2 Å². The maximum atomic E-state index is 12.7. The number of rotatable bonds is 3. The summed E-state index contributed by atoms with van der Waals surface area (Å²) < 4.78 is 0. The number of halogens is 1. The molecule has 0 unspecified atom stereocenters. The van der Waals surface area contributed by atoms with Crippen molar-refractivity contribution in [3.05, 3.63) is 52.9 Å². The molecule has 1 amide bonds. The fourth-order valence-electron chi connectivity index (χ4n) is 3.20. The van der Waals surface area contributed by atoms with Crippen molar-refractivity contribution in [1.82, 2.24) is 14.9 Å². The number of carbonyl (C=O) groups is 1. The van der Waals surface area contributed by atoms with E-state index in [4.69, 9.17) is 16.6 Å². The van der Waals surface area contributed by atoms with Gasteiger partial charge in [-0.2, -0.15) is 0 Å². The van der Waals surface area contributed by atoms with Crippen molar-refractivity contribution >= 4 is 23.3 Å². The minimum absolute atomic E-state index is 0.0693. The Morgan fingerprint density at radius 1 is 1.04 bits per heavy atom. The number of benzene rings is 1. The van der Waals surface area contributed by atoms with Crippen LogP contribution in [0.25, 0.3) is 0 Å². The lowest BCUT2D eigenvalue weighted by Crippen LogP contribution is -2.35. The second-order valence-corrected chi connectivity index (χ2v) is 7.12. The van der Waals surface area contributed by atoms with Crippen molar-refractivity contribution in [2.75, 3.05) is 31.1 Å². The molecule has 1 aliphatic heterocycles. The van der Waals surface area contributed by atoms with Gasteiger partial charge in [0, 0.05) is 48.9 Å². The van der Waals surface area contributed by atoms with Crippen LogP contribution in [0.5, 0.6) is 0 Å². The van der Waals surface area contributed by atoms with E-state index >= 15 is 0 Å². The maximum absolute atomic E-state index is 12.7. The predicted molar refractivity (Wildman–Crippen MR) is 98.2 cm³/mol. The SMILES string of the molecule is O=C(c1ccc(Cl)cc1)N1CCCN(c2ccnc(C3CC3)n2)CC1. The van der Waals surface area contributed by atoms with Crippen LogP contribution >= 0.6 is 11.6 Å². The van der Waals surface area contributed by atoms with Crippen molar-refractivity contribution in [1.29, 1.82) is 0 Å². The van der Waals surface area contributed by atoms with Crippen LogP contribution in [-0.2, 0) is 0 Å². The summed E-state index contributed by atoms with van der Waals surface area (Å²) in [6.45, 7) is 3.16. The largest absolute Gasteiger partial charge is 0.355 e. The zero-order valence-electron chi connectivity index (χ0n) is 14.1. The summed E-state index contributed by atoms with van der Waals surface area (Å²) in [5, 5.41) is 0.647. The molecule has 5 nitrogen and oxygen atoms in total. The molecule has 25 heavy (non-hydrogen) atoms. The molecule has 1 aromatic carbocycles. The number of nitrogens with zero attached hydrogens (tertiary/aromatic N) is 4. The average molecular weight is 357 g/mol. The standard InChI is InChI=1S/C19H21ClN4O/c20-16-6-4-15(5-7-16)19(25)24-11-1-10-23(12-13-24)17-8-9-21-18(22-17)14-2-3-14/h4-9,14H,1-3,10-13H2. The molecule has 1 saturated heterocycles. The van der Waals surface area contributed by atoms with Crippen LogP contribution in [0.1, 0.15) is 41.4 Å². The highest BCUT2D eigenvalue weighted by Gasteiger charge is 2.27. The van der Waals surface area contributed by atoms with Crippen molar-refractivity contribution in [3.63, 3.8) is 0 Å². The van der Waals surface area contributed by atoms with E-state index in [9.17, 15) is 4.79 Å². The summed E-state index contributed by atoms with van der Waals surface area (Å²) in [6.07, 6.45) is 5.19. The van der Waals surface area contributed by atoms with Gasteiger partial charge in [-0.1, -0.05) is 11.6 Å². The van der Waals surface area contributed by atoms with Gasteiger partial charge in [-0.25, -0.2) is 9.97 Å². The zero-order chi connectivity index (χ0) is 17.2. The molecule has 2 fully saturated rings. The Kier molecular flexibility index (Phi) is 4.57. The van der Waals surface area contributed by atoms with E-state index < -0.39 is 0 Å². The summed E-state index contributed by atoms with van der Waals surface area (Å²) in [7, 11) is 0. The third kappa shape index (κ3) is 3.76. The van der Waals surface area contributed by atoms with Crippen LogP contribution in [0.2, 0.25) is 5.02 Å². The lowest BCUT2D eigenvalue weighted by atomic mass is 10.2. The third-order valence-corrected chi connectivity index (χ3v) is 5.05. The molecule has 2 aliphatic rings. The van der Waals surface area contributed by atoms with E-state index in [2.05, 4.69) is 9.88 Å². The highest BCUT2D eigenvalue weighted by molar-refractivity contribution is 6.30. The van der Waals surface area contributed by atoms with Gasteiger partial charge in [0.1, 0.15) is 11.6 Å². The quantitative estimate of drug-likeness (QED) is 0.846. The van der Waals surface area contributed by atoms with Crippen LogP contribution < -0.4 is 4.90 Å². The van der Waals surface area contributed by atoms with Crippen molar-refractivity contribution < 1.29 is 4.79 Å². The van der Waals surface area contributed by atoms with Gasteiger partial charge in [0.25, 0.3) is 5.91 Å². The first-order valence-electron chi connectivity index (χ1n) is 8.83. The number of amides is 1. The van der Waals surface area contributed by atoms with Crippen LogP contribution in [0.4, 0.5) is 5.82 Å². The first-order valence-corrected chi connectivity index (χ1v) is 9.21. The summed E-state index contributed by atoms with van der Waals surface area (Å²) in [5.41, 5.74) is 0.691. The van der Waals surface area contributed by atoms with Crippen molar-refractivity contribution in [2.24, 2.45) is 0 Å². The molecule has 130 valence electrons. The Morgan fingerprint density at radius 2 is 1.84 bits per heavy atom. The first-order chi connectivity index (χ1) is 12.2. The van der Waals surface area contributed by atoms with Gasteiger partial charge in [-0.05, 0) is 49.6 Å². The first kappa shape index (κ1) is 16.3. The predicted octanol–water partition coefficient (Wildman–Crippen LogP) is 3.36. The number of hydrogen-bond donors (Lipinski definition) is 0. The Hall–Kier alpha value is -2.14. The maximum Gasteiger partial charge on any atom is 0.253 e. The summed E-state index contributed by atoms with van der Waals surface area (Å²) in [4.78, 5) is 26.0. The molecular formula is C19H21ClN4O. The molecule has 0 N–H and O–H groups in total. The Labute approximate surface area is 152 Å². The molecule has 0 bridgehead atoms. The second kappa shape index (κ2) is 7.00. The smallest absolute Gasteiger partial charge is 0.253 e. The van der Waals surface area contributed by atoms with E-state index in [-0.39, 0.29) is 5.91 Å². The fourth-order valence-corrected chi connectivity index (χ4v) is 3.33. The highest BCUT2D eigenvalue weighted by Crippen LogP contribution is 2.38. The van der Waals surface area contributed by atoms with Gasteiger partial charge >= 0.3 is 0 Å². The average Bonchev–Trinajstić information content (AvgIpc) is 3.48. The van der Waals surface area contributed by atoms with E-state index in [1.165, 1.54) is 12.8 Å². The molecule has 4 rings (SSSR count). The van der Waals surface area contributed by atoms with Crippen LogP contribution in [0.3, 0.4) is 0 Å². The molecule has 6 heteroatoms. The number of anilines is 1. The van der Waals surface area contributed by atoms with Gasteiger partial charge in [0.2, 0.25) is 0 Å². The molecule has 0 radical (unpaired) electrons. The van der Waals surface area contributed by atoms with Crippen LogP contribution in [0.15, 0.2) is 36.5 Å². The summed E-state index contributed by atoms with van der Waals surface area (Å²) in [5.74, 6) is 2.57.